The quantitative estimate of drug-likeness (QED) is 0.573. The molecular formula is C19H26INO. The van der Waals surface area contributed by atoms with Gasteiger partial charge >= 0.3 is 0 Å². The van der Waals surface area contributed by atoms with Crippen LogP contribution in [0.3, 0.4) is 0 Å². The van der Waals surface area contributed by atoms with Crippen molar-refractivity contribution >= 4 is 22.6 Å². The minimum Gasteiger partial charge on any atom is -0.507 e. The van der Waals surface area contributed by atoms with Crippen LogP contribution in [0.1, 0.15) is 45.2 Å². The lowest BCUT2D eigenvalue weighted by Gasteiger charge is -2.54. The Morgan fingerprint density at radius 2 is 2.18 bits per heavy atom. The van der Waals surface area contributed by atoms with E-state index in [1.165, 1.54) is 23.1 Å². The smallest absolute Gasteiger partial charge is 0.129 e. The van der Waals surface area contributed by atoms with Crippen LogP contribution in [0.25, 0.3) is 0 Å². The van der Waals surface area contributed by atoms with Gasteiger partial charge in [-0.2, -0.15) is 0 Å². The first-order valence-electron chi connectivity index (χ1n) is 8.23. The van der Waals surface area contributed by atoms with Crippen LogP contribution in [0, 0.1) is 9.49 Å². The zero-order chi connectivity index (χ0) is 16.1. The van der Waals surface area contributed by atoms with Crippen molar-refractivity contribution in [2.24, 2.45) is 5.92 Å². The van der Waals surface area contributed by atoms with E-state index in [4.69, 9.17) is 0 Å². The van der Waals surface area contributed by atoms with Gasteiger partial charge in [-0.1, -0.05) is 31.6 Å². The van der Waals surface area contributed by atoms with Crippen molar-refractivity contribution in [2.45, 2.75) is 52.0 Å². The highest BCUT2D eigenvalue weighted by Crippen LogP contribution is 2.51. The van der Waals surface area contributed by atoms with E-state index in [9.17, 15) is 5.11 Å². The van der Waals surface area contributed by atoms with Crippen LogP contribution < -0.4 is 0 Å². The Morgan fingerprint density at radius 1 is 1.45 bits per heavy atom. The first-order chi connectivity index (χ1) is 10.3. The van der Waals surface area contributed by atoms with Crippen molar-refractivity contribution in [3.8, 4) is 5.75 Å². The van der Waals surface area contributed by atoms with E-state index in [0.717, 1.165) is 23.1 Å². The molecule has 0 amide bonds. The average Bonchev–Trinajstić information content (AvgIpc) is 2.45. The molecule has 1 aromatic rings. The van der Waals surface area contributed by atoms with Crippen LogP contribution >= 0.6 is 22.6 Å². The normalized spacial score (nSPS) is 30.8. The average molecular weight is 411 g/mol. The number of benzene rings is 1. The Labute approximate surface area is 147 Å². The second kappa shape index (κ2) is 5.82. The summed E-state index contributed by atoms with van der Waals surface area (Å²) in [6, 6.07) is 4.63. The number of hydrogen-bond acceptors (Lipinski definition) is 2. The third-order valence-electron chi connectivity index (χ3n) is 5.91. The van der Waals surface area contributed by atoms with Crippen LogP contribution in [-0.2, 0) is 11.8 Å². The predicted molar refractivity (Wildman–Crippen MR) is 100 cm³/mol. The molecule has 0 spiro atoms. The Morgan fingerprint density at radius 3 is 2.86 bits per heavy atom. The van der Waals surface area contributed by atoms with Gasteiger partial charge in [-0.25, -0.2) is 0 Å². The van der Waals surface area contributed by atoms with Gasteiger partial charge in [0.05, 0.1) is 3.57 Å². The van der Waals surface area contributed by atoms with E-state index >= 15 is 0 Å². The highest BCUT2D eigenvalue weighted by atomic mass is 127. The third-order valence-corrected chi connectivity index (χ3v) is 7.00. The molecule has 3 unspecified atom stereocenters. The Kier molecular flexibility index (Phi) is 4.32. The van der Waals surface area contributed by atoms with Crippen molar-refractivity contribution in [3.05, 3.63) is 38.5 Å². The number of phenolic OH excluding ortho intramolecular Hbond substituents is 1. The maximum atomic E-state index is 10.1. The van der Waals surface area contributed by atoms with Gasteiger partial charge in [0.15, 0.2) is 0 Å². The van der Waals surface area contributed by atoms with E-state index in [2.05, 4.69) is 67.3 Å². The van der Waals surface area contributed by atoms with E-state index in [1.54, 1.807) is 0 Å². The van der Waals surface area contributed by atoms with Crippen molar-refractivity contribution in [1.82, 2.24) is 4.90 Å². The summed E-state index contributed by atoms with van der Waals surface area (Å²) in [5.41, 5.74) is 4.44. The van der Waals surface area contributed by atoms with Gasteiger partial charge in [0.2, 0.25) is 0 Å². The van der Waals surface area contributed by atoms with Crippen molar-refractivity contribution in [2.75, 3.05) is 13.1 Å². The summed E-state index contributed by atoms with van der Waals surface area (Å²) < 4.78 is 1.07. The fourth-order valence-corrected chi connectivity index (χ4v) is 5.46. The zero-order valence-electron chi connectivity index (χ0n) is 14.0. The molecule has 2 bridgehead atoms. The second-order valence-corrected chi connectivity index (χ2v) is 8.52. The molecule has 3 rings (SSSR count). The fraction of sp³-hybridized carbons (Fsp3) is 0.579. The molecule has 3 heteroatoms. The minimum absolute atomic E-state index is 0.189. The summed E-state index contributed by atoms with van der Waals surface area (Å²) in [5.74, 6) is 1.06. The molecular weight excluding hydrogens is 385 g/mol. The van der Waals surface area contributed by atoms with Gasteiger partial charge in [0, 0.05) is 12.6 Å². The van der Waals surface area contributed by atoms with Gasteiger partial charge in [0.25, 0.3) is 0 Å². The predicted octanol–water partition coefficient (Wildman–Crippen LogP) is 4.49. The Bertz CT molecular complexity index is 620. The highest BCUT2D eigenvalue weighted by molar-refractivity contribution is 14.1. The maximum Gasteiger partial charge on any atom is 0.129 e. The molecule has 120 valence electrons. The standard InChI is InChI=1S/C19H26INO/c1-12(2)7-9-21-10-8-19(4)13(3)15(21)11-14-5-6-16(22)18(20)17(14)19/h5-7,13,15,22H,8-11H2,1-4H3. The lowest BCUT2D eigenvalue weighted by Crippen LogP contribution is -2.58. The van der Waals surface area contributed by atoms with Gasteiger partial charge in [0.1, 0.15) is 5.75 Å². The SMILES string of the molecule is CC(C)=CCN1CCC2(C)c3c(ccc(O)c3I)CC1C2C. The van der Waals surface area contributed by atoms with Crippen molar-refractivity contribution < 1.29 is 5.11 Å². The third kappa shape index (κ3) is 2.50. The molecule has 1 saturated heterocycles. The number of nitrogens with zero attached hydrogens (tertiary/aromatic N) is 1. The second-order valence-electron chi connectivity index (χ2n) is 7.44. The molecule has 2 nitrogen and oxygen atoms in total. The van der Waals surface area contributed by atoms with Gasteiger partial charge in [-0.15, -0.1) is 0 Å². The molecule has 22 heavy (non-hydrogen) atoms. The fourth-order valence-electron chi connectivity index (χ4n) is 4.31. The van der Waals surface area contributed by atoms with E-state index in [1.807, 2.05) is 6.07 Å². The molecule has 1 aromatic carbocycles. The van der Waals surface area contributed by atoms with Crippen LogP contribution in [0.2, 0.25) is 0 Å². The van der Waals surface area contributed by atoms with Gasteiger partial charge in [-0.3, -0.25) is 4.90 Å². The van der Waals surface area contributed by atoms with Crippen LogP contribution in [-0.4, -0.2) is 29.1 Å². The molecule has 0 radical (unpaired) electrons. The largest absolute Gasteiger partial charge is 0.507 e. The summed E-state index contributed by atoms with van der Waals surface area (Å²) in [6.07, 6.45) is 4.64. The lowest BCUT2D eigenvalue weighted by atomic mass is 9.59. The number of piperidine rings is 1. The summed E-state index contributed by atoms with van der Waals surface area (Å²) >= 11 is 2.33. The van der Waals surface area contributed by atoms with Crippen LogP contribution in [0.15, 0.2) is 23.8 Å². The van der Waals surface area contributed by atoms with E-state index in [0.29, 0.717) is 17.7 Å². The van der Waals surface area contributed by atoms with Crippen LogP contribution in [0.5, 0.6) is 5.75 Å². The number of halogens is 1. The van der Waals surface area contributed by atoms with E-state index < -0.39 is 0 Å². The molecule has 3 atom stereocenters. The Balaban J connectivity index is 2.01. The number of hydrogen-bond donors (Lipinski definition) is 1. The number of allylic oxidation sites excluding steroid dienone is 1. The lowest BCUT2D eigenvalue weighted by molar-refractivity contribution is 0.0391. The summed E-state index contributed by atoms with van der Waals surface area (Å²) in [5, 5.41) is 10.1. The first kappa shape index (κ1) is 16.3. The molecule has 1 aliphatic heterocycles. The van der Waals surface area contributed by atoms with Gasteiger partial charge in [-0.05, 0) is 84.4 Å². The number of rotatable bonds is 2. The molecule has 1 N–H and O–H groups in total. The summed E-state index contributed by atoms with van der Waals surface area (Å²) in [7, 11) is 0. The monoisotopic (exact) mass is 411 g/mol. The Hall–Kier alpha value is -0.550. The van der Waals surface area contributed by atoms with Crippen molar-refractivity contribution in [1.29, 1.82) is 0 Å². The molecule has 1 fully saturated rings. The number of aromatic hydroxyl groups is 1. The molecule has 0 aromatic heterocycles. The summed E-state index contributed by atoms with van der Waals surface area (Å²) in [6.45, 7) is 11.4. The number of likely N-dealkylation sites (tertiary alicyclic amines) is 1. The molecule has 1 aliphatic carbocycles. The highest BCUT2D eigenvalue weighted by Gasteiger charge is 2.49. The van der Waals surface area contributed by atoms with Crippen LogP contribution in [0.4, 0.5) is 0 Å². The van der Waals surface area contributed by atoms with Gasteiger partial charge < -0.3 is 5.11 Å². The minimum atomic E-state index is 0.189. The molecule has 0 saturated carbocycles. The molecule has 1 heterocycles. The first-order valence-corrected chi connectivity index (χ1v) is 9.30. The van der Waals surface area contributed by atoms with E-state index in [-0.39, 0.29) is 5.41 Å². The summed E-state index contributed by atoms with van der Waals surface area (Å²) in [4.78, 5) is 2.65. The molecule has 2 aliphatic rings. The zero-order valence-corrected chi connectivity index (χ0v) is 16.1. The van der Waals surface area contributed by atoms with Crippen molar-refractivity contribution in [3.63, 3.8) is 0 Å². The topological polar surface area (TPSA) is 23.5 Å². The number of phenols is 1. The maximum absolute atomic E-state index is 10.1. The number of fused-ring (bicyclic) bond motifs is 4.